The minimum atomic E-state index is -0.483. The summed E-state index contributed by atoms with van der Waals surface area (Å²) in [4.78, 5) is 26.6. The predicted molar refractivity (Wildman–Crippen MR) is 103 cm³/mol. The van der Waals surface area contributed by atoms with Gasteiger partial charge in [0.2, 0.25) is 0 Å². The van der Waals surface area contributed by atoms with Crippen LogP contribution in [0.3, 0.4) is 0 Å². The lowest BCUT2D eigenvalue weighted by Crippen LogP contribution is -2.31. The summed E-state index contributed by atoms with van der Waals surface area (Å²) in [6.07, 6.45) is 0.734. The van der Waals surface area contributed by atoms with Gasteiger partial charge in [0.1, 0.15) is 0 Å². The maximum Gasteiger partial charge on any atom is 0.358 e. The first-order valence-corrected chi connectivity index (χ1v) is 9.45. The number of hydrogen-bond acceptors (Lipinski definition) is 6. The second-order valence-corrected chi connectivity index (χ2v) is 6.98. The Hall–Kier alpha value is -3.49. The Morgan fingerprint density at radius 3 is 2.72 bits per heavy atom. The monoisotopic (exact) mass is 394 g/mol. The van der Waals surface area contributed by atoms with Crippen LogP contribution in [0.4, 0.5) is 0 Å². The lowest BCUT2D eigenvalue weighted by Gasteiger charge is -2.19. The van der Waals surface area contributed by atoms with Gasteiger partial charge in [0.05, 0.1) is 31.6 Å². The molecule has 0 saturated carbocycles. The van der Waals surface area contributed by atoms with Gasteiger partial charge in [-0.2, -0.15) is 5.10 Å². The number of aromatic nitrogens is 5. The summed E-state index contributed by atoms with van der Waals surface area (Å²) in [6.45, 7) is 3.99. The third kappa shape index (κ3) is 3.75. The van der Waals surface area contributed by atoms with Crippen molar-refractivity contribution in [1.82, 2.24) is 29.7 Å². The molecule has 1 aliphatic heterocycles. The van der Waals surface area contributed by atoms with Gasteiger partial charge in [-0.3, -0.25) is 9.48 Å². The van der Waals surface area contributed by atoms with Gasteiger partial charge in [-0.15, -0.1) is 5.10 Å². The van der Waals surface area contributed by atoms with E-state index in [1.54, 1.807) is 20.3 Å². The van der Waals surface area contributed by atoms with E-state index in [0.29, 0.717) is 31.9 Å². The van der Waals surface area contributed by atoms with Crippen LogP contribution in [0.25, 0.3) is 0 Å². The first kappa shape index (κ1) is 18.9. The molecule has 0 aliphatic carbocycles. The number of benzene rings is 1. The standard InChI is InChI=1S/C20H22N6O3/c1-14-18(21-23-26(14)12-15-7-4-3-5-8-15)19(27)24-9-6-10-25-16(13-24)11-17(22-25)20(28)29-2/h3-5,7-8,11H,6,9-10,12-13H2,1-2H3. The number of methoxy groups -OCH3 is 1. The average Bonchev–Trinajstić information content (AvgIpc) is 3.24. The highest BCUT2D eigenvalue weighted by Crippen LogP contribution is 2.18. The summed E-state index contributed by atoms with van der Waals surface area (Å²) in [5, 5.41) is 12.6. The Balaban J connectivity index is 1.54. The fourth-order valence-corrected chi connectivity index (χ4v) is 3.45. The molecule has 0 N–H and O–H groups in total. The normalized spacial score (nSPS) is 13.7. The molecule has 0 bridgehead atoms. The highest BCUT2D eigenvalue weighted by molar-refractivity contribution is 5.93. The van der Waals surface area contributed by atoms with Crippen molar-refractivity contribution in [1.29, 1.82) is 0 Å². The molecule has 4 rings (SSSR count). The summed E-state index contributed by atoms with van der Waals surface area (Å²) >= 11 is 0. The zero-order chi connectivity index (χ0) is 20.4. The van der Waals surface area contributed by atoms with Crippen LogP contribution in [0, 0.1) is 6.92 Å². The number of rotatable bonds is 4. The lowest BCUT2D eigenvalue weighted by atomic mass is 10.2. The van der Waals surface area contributed by atoms with Gasteiger partial charge in [0.15, 0.2) is 11.4 Å². The third-order valence-corrected chi connectivity index (χ3v) is 5.06. The van der Waals surface area contributed by atoms with Crippen molar-refractivity contribution in [3.63, 3.8) is 0 Å². The SMILES string of the molecule is COC(=O)c1cc2n(n1)CCCN(C(=O)c1nnn(Cc3ccccc3)c1C)C2. The van der Waals surface area contributed by atoms with Crippen molar-refractivity contribution in [2.75, 3.05) is 13.7 Å². The molecular weight excluding hydrogens is 372 g/mol. The Morgan fingerprint density at radius 2 is 1.97 bits per heavy atom. The van der Waals surface area contributed by atoms with Crippen molar-refractivity contribution < 1.29 is 14.3 Å². The van der Waals surface area contributed by atoms with Crippen LogP contribution < -0.4 is 0 Å². The lowest BCUT2D eigenvalue weighted by molar-refractivity contribution is 0.0593. The number of fused-ring (bicyclic) bond motifs is 1. The molecule has 2 aromatic heterocycles. The fraction of sp³-hybridized carbons (Fsp3) is 0.350. The van der Waals surface area contributed by atoms with Crippen molar-refractivity contribution in [3.8, 4) is 0 Å². The van der Waals surface area contributed by atoms with Gasteiger partial charge >= 0.3 is 5.97 Å². The van der Waals surface area contributed by atoms with Gasteiger partial charge in [-0.05, 0) is 25.0 Å². The molecule has 3 aromatic rings. The number of carbonyl (C=O) groups is 2. The first-order valence-electron chi connectivity index (χ1n) is 9.45. The Labute approximate surface area is 167 Å². The molecule has 29 heavy (non-hydrogen) atoms. The molecular formula is C20H22N6O3. The predicted octanol–water partition coefficient (Wildman–Crippen LogP) is 1.66. The number of esters is 1. The van der Waals surface area contributed by atoms with E-state index in [0.717, 1.165) is 23.4 Å². The smallest absolute Gasteiger partial charge is 0.358 e. The summed E-state index contributed by atoms with van der Waals surface area (Å²) in [7, 11) is 1.32. The Bertz CT molecular complexity index is 1040. The van der Waals surface area contributed by atoms with E-state index in [9.17, 15) is 9.59 Å². The topological polar surface area (TPSA) is 95.1 Å². The minimum Gasteiger partial charge on any atom is -0.464 e. The highest BCUT2D eigenvalue weighted by Gasteiger charge is 2.26. The van der Waals surface area contributed by atoms with E-state index < -0.39 is 5.97 Å². The van der Waals surface area contributed by atoms with E-state index in [2.05, 4.69) is 15.4 Å². The first-order chi connectivity index (χ1) is 14.1. The molecule has 0 atom stereocenters. The second-order valence-electron chi connectivity index (χ2n) is 6.98. The highest BCUT2D eigenvalue weighted by atomic mass is 16.5. The van der Waals surface area contributed by atoms with Crippen molar-refractivity contribution in [2.24, 2.45) is 0 Å². The van der Waals surface area contributed by atoms with Gasteiger partial charge in [-0.25, -0.2) is 9.48 Å². The van der Waals surface area contributed by atoms with Crippen LogP contribution in [0.15, 0.2) is 36.4 Å². The van der Waals surface area contributed by atoms with E-state index in [-0.39, 0.29) is 11.6 Å². The molecule has 0 radical (unpaired) electrons. The van der Waals surface area contributed by atoms with Crippen LogP contribution >= 0.6 is 0 Å². The zero-order valence-electron chi connectivity index (χ0n) is 16.4. The van der Waals surface area contributed by atoms with Gasteiger partial charge in [0.25, 0.3) is 5.91 Å². The Morgan fingerprint density at radius 1 is 1.17 bits per heavy atom. The number of carbonyl (C=O) groups excluding carboxylic acids is 2. The number of amides is 1. The molecule has 0 saturated heterocycles. The van der Waals surface area contributed by atoms with Gasteiger partial charge < -0.3 is 9.64 Å². The molecule has 9 heteroatoms. The fourth-order valence-electron chi connectivity index (χ4n) is 3.45. The molecule has 9 nitrogen and oxygen atoms in total. The maximum atomic E-state index is 13.1. The summed E-state index contributed by atoms with van der Waals surface area (Å²) in [6, 6.07) is 11.6. The minimum absolute atomic E-state index is 0.170. The second kappa shape index (κ2) is 7.86. The van der Waals surface area contributed by atoms with Gasteiger partial charge in [0, 0.05) is 13.1 Å². The summed E-state index contributed by atoms with van der Waals surface area (Å²) in [5.41, 5.74) is 3.22. The molecule has 1 aliphatic rings. The average molecular weight is 394 g/mol. The van der Waals surface area contributed by atoms with E-state index in [1.807, 2.05) is 37.3 Å². The van der Waals surface area contributed by atoms with E-state index >= 15 is 0 Å². The molecule has 1 amide bonds. The molecule has 0 unspecified atom stereocenters. The molecule has 1 aromatic carbocycles. The molecule has 0 fully saturated rings. The number of nitrogens with zero attached hydrogens (tertiary/aromatic N) is 6. The van der Waals surface area contributed by atoms with Crippen LogP contribution in [0.2, 0.25) is 0 Å². The Kier molecular flexibility index (Phi) is 5.11. The van der Waals surface area contributed by atoms with Crippen LogP contribution in [0.1, 0.15) is 44.3 Å². The van der Waals surface area contributed by atoms with E-state index in [1.165, 1.54) is 7.11 Å². The summed E-state index contributed by atoms with van der Waals surface area (Å²) < 4.78 is 8.24. The quantitative estimate of drug-likeness (QED) is 0.625. The molecule has 0 spiro atoms. The molecule has 3 heterocycles. The molecule has 150 valence electrons. The van der Waals surface area contributed by atoms with Gasteiger partial charge in [-0.1, -0.05) is 35.5 Å². The van der Waals surface area contributed by atoms with Crippen molar-refractivity contribution >= 4 is 11.9 Å². The van der Waals surface area contributed by atoms with E-state index in [4.69, 9.17) is 4.74 Å². The zero-order valence-corrected chi connectivity index (χ0v) is 16.4. The van der Waals surface area contributed by atoms with Crippen LogP contribution in [0.5, 0.6) is 0 Å². The summed E-state index contributed by atoms with van der Waals surface area (Å²) in [5.74, 6) is -0.653. The van der Waals surface area contributed by atoms with Crippen LogP contribution in [-0.2, 0) is 24.4 Å². The third-order valence-electron chi connectivity index (χ3n) is 5.06. The maximum absolute atomic E-state index is 13.1. The van der Waals surface area contributed by atoms with Crippen LogP contribution in [-0.4, -0.2) is 55.2 Å². The van der Waals surface area contributed by atoms with Crippen molar-refractivity contribution in [3.05, 3.63) is 64.7 Å². The largest absolute Gasteiger partial charge is 0.464 e. The number of aryl methyl sites for hydroxylation is 1. The number of ether oxygens (including phenoxy) is 1. The van der Waals surface area contributed by atoms with Crippen molar-refractivity contribution in [2.45, 2.75) is 33.0 Å². The number of hydrogen-bond donors (Lipinski definition) is 0.